The second kappa shape index (κ2) is 18.3. The van der Waals surface area contributed by atoms with Crippen LogP contribution in [0, 0.1) is 37.0 Å². The molecule has 2 aromatic rings. The third-order valence-corrected chi connectivity index (χ3v) is 6.02. The molecule has 3 nitrogen and oxygen atoms in total. The molecule has 0 aliphatic carbocycles. The summed E-state index contributed by atoms with van der Waals surface area (Å²) in [6.07, 6.45) is 5.35. The van der Waals surface area contributed by atoms with E-state index in [1.54, 1.807) is 12.1 Å². The number of rotatable bonds is 4. The van der Waals surface area contributed by atoms with Gasteiger partial charge in [0.1, 0.15) is 12.4 Å². The molecule has 0 spiro atoms. The number of carbonyl (C=O) groups is 1. The van der Waals surface area contributed by atoms with E-state index in [-0.39, 0.29) is 0 Å². The molecule has 1 fully saturated rings. The third kappa shape index (κ3) is 14.6. The van der Waals surface area contributed by atoms with Gasteiger partial charge in [-0.15, -0.1) is 0 Å². The quantitative estimate of drug-likeness (QED) is 0.431. The van der Waals surface area contributed by atoms with Gasteiger partial charge in [-0.2, -0.15) is 5.26 Å². The van der Waals surface area contributed by atoms with Crippen LogP contribution in [-0.4, -0.2) is 31.3 Å². The number of nitrogens with zero attached hydrogens (tertiary/aromatic N) is 2. The molecule has 2 atom stereocenters. The van der Waals surface area contributed by atoms with E-state index in [1.807, 2.05) is 19.1 Å². The molecule has 0 amide bonds. The topological polar surface area (TPSA) is 44.1 Å². The highest BCUT2D eigenvalue weighted by Crippen LogP contribution is 2.15. The zero-order valence-corrected chi connectivity index (χ0v) is 22.5. The van der Waals surface area contributed by atoms with Crippen molar-refractivity contribution in [2.75, 3.05) is 20.1 Å². The molecule has 182 valence electrons. The van der Waals surface area contributed by atoms with Crippen LogP contribution in [0.15, 0.2) is 42.5 Å². The first-order chi connectivity index (χ1) is 15.7. The monoisotopic (exact) mass is 470 g/mol. The van der Waals surface area contributed by atoms with Gasteiger partial charge in [-0.3, -0.25) is 0 Å². The summed E-state index contributed by atoms with van der Waals surface area (Å²) in [7, 11) is 2.18. The van der Waals surface area contributed by atoms with Crippen molar-refractivity contribution in [1.82, 2.24) is 4.90 Å². The van der Waals surface area contributed by atoms with E-state index < -0.39 is 0 Å². The first-order valence-corrected chi connectivity index (χ1v) is 12.4. The summed E-state index contributed by atoms with van der Waals surface area (Å²) in [4.78, 5) is 12.2. The van der Waals surface area contributed by atoms with Gasteiger partial charge >= 0.3 is 0 Å². The lowest BCUT2D eigenvalue weighted by molar-refractivity contribution is -0.108. The summed E-state index contributed by atoms with van der Waals surface area (Å²) in [6.45, 7) is 15.4. The van der Waals surface area contributed by atoms with Crippen LogP contribution in [0.2, 0.25) is 5.02 Å². The van der Waals surface area contributed by atoms with Crippen LogP contribution < -0.4 is 0 Å². The van der Waals surface area contributed by atoms with Gasteiger partial charge < -0.3 is 9.69 Å². The Balaban J connectivity index is 0.000000419. The summed E-state index contributed by atoms with van der Waals surface area (Å²) in [5.74, 6) is 1.53. The number of aldehydes is 1. The van der Waals surface area contributed by atoms with E-state index in [1.165, 1.54) is 30.6 Å². The molecule has 0 saturated carbocycles. The number of benzene rings is 2. The highest BCUT2D eigenvalue weighted by atomic mass is 35.5. The van der Waals surface area contributed by atoms with Crippen molar-refractivity contribution in [3.8, 4) is 6.07 Å². The van der Waals surface area contributed by atoms with Gasteiger partial charge in [0.15, 0.2) is 0 Å². The number of hydrogen-bond donors (Lipinski definition) is 0. The Labute approximate surface area is 207 Å². The molecule has 1 saturated heterocycles. The Hall–Kier alpha value is -2.15. The maximum Gasteiger partial charge on any atom is 0.120 e. The molecule has 1 aliphatic rings. The Morgan fingerprint density at radius 1 is 1.21 bits per heavy atom. The SMILES string of the molecule is CC1CCN(C)C1.CCC(C)CC=O.CCc1ccccc1C.Cc1ccc(C#N)c(Cl)c1. The Morgan fingerprint density at radius 2 is 1.88 bits per heavy atom. The average Bonchev–Trinajstić information content (AvgIpc) is 3.18. The van der Waals surface area contributed by atoms with Crippen molar-refractivity contribution in [2.24, 2.45) is 11.8 Å². The predicted octanol–water partition coefficient (Wildman–Crippen LogP) is 7.66. The number of aryl methyl sites for hydroxylation is 3. The fourth-order valence-corrected chi connectivity index (χ4v) is 3.48. The lowest BCUT2D eigenvalue weighted by Crippen LogP contribution is -2.12. The van der Waals surface area contributed by atoms with E-state index in [4.69, 9.17) is 16.9 Å². The minimum absolute atomic E-state index is 0.530. The molecule has 4 heteroatoms. The highest BCUT2D eigenvalue weighted by Gasteiger charge is 2.13. The standard InChI is InChI=1S/C9H12.C8H6ClN.C6H13N.C6H12O/c1-3-9-7-5-4-6-8(9)2;1-6-2-3-7(5-10)8(9)4-6;1-6-3-4-7(2)5-6;1-3-6(2)4-5-7/h4-7H,3H2,1-2H3;2-4H,1H3;6H,3-5H2,1-2H3;5-6H,3-4H2,1-2H3. The van der Waals surface area contributed by atoms with Crippen molar-refractivity contribution in [3.05, 3.63) is 69.7 Å². The summed E-state index contributed by atoms with van der Waals surface area (Å²) in [5.41, 5.74) is 4.47. The Bertz CT molecular complexity index is 836. The molecule has 2 unspecified atom stereocenters. The molecule has 2 aromatic carbocycles. The van der Waals surface area contributed by atoms with Crippen molar-refractivity contribution >= 4 is 17.9 Å². The minimum Gasteiger partial charge on any atom is -0.306 e. The number of nitriles is 1. The van der Waals surface area contributed by atoms with Gasteiger partial charge in [-0.25, -0.2) is 0 Å². The molecule has 0 aromatic heterocycles. The molecule has 33 heavy (non-hydrogen) atoms. The van der Waals surface area contributed by atoms with E-state index in [2.05, 4.69) is 70.8 Å². The van der Waals surface area contributed by atoms with Crippen molar-refractivity contribution in [3.63, 3.8) is 0 Å². The summed E-state index contributed by atoms with van der Waals surface area (Å²) in [5, 5.41) is 9.00. The number of halogens is 1. The number of carbonyl (C=O) groups excluding carboxylic acids is 1. The van der Waals surface area contributed by atoms with Crippen LogP contribution in [-0.2, 0) is 11.2 Å². The van der Waals surface area contributed by atoms with Crippen LogP contribution in [0.1, 0.15) is 69.2 Å². The molecule has 1 heterocycles. The van der Waals surface area contributed by atoms with E-state index >= 15 is 0 Å². The van der Waals surface area contributed by atoms with Crippen molar-refractivity contribution in [1.29, 1.82) is 5.26 Å². The fraction of sp³-hybridized carbons (Fsp3) is 0.517. The first-order valence-electron chi connectivity index (χ1n) is 12.0. The fourth-order valence-electron chi connectivity index (χ4n) is 3.20. The molecule has 0 N–H and O–H groups in total. The second-order valence-corrected chi connectivity index (χ2v) is 9.35. The van der Waals surface area contributed by atoms with E-state index in [0.717, 1.165) is 37.0 Å². The van der Waals surface area contributed by atoms with Crippen LogP contribution in [0.4, 0.5) is 0 Å². The molecule has 1 aliphatic heterocycles. The van der Waals surface area contributed by atoms with Crippen LogP contribution >= 0.6 is 11.6 Å². The Kier molecular flexibility index (Phi) is 17.1. The molecular formula is C29H43ClN2O. The molecular weight excluding hydrogens is 428 g/mol. The van der Waals surface area contributed by atoms with Gasteiger partial charge in [-0.05, 0) is 80.9 Å². The summed E-state index contributed by atoms with van der Waals surface area (Å²) in [6, 6.07) is 15.8. The second-order valence-electron chi connectivity index (χ2n) is 8.95. The zero-order chi connectivity index (χ0) is 25.2. The molecule has 0 radical (unpaired) electrons. The summed E-state index contributed by atoms with van der Waals surface area (Å²) >= 11 is 5.71. The Morgan fingerprint density at radius 3 is 2.21 bits per heavy atom. The normalized spacial score (nSPS) is 15.4. The van der Waals surface area contributed by atoms with Crippen molar-refractivity contribution in [2.45, 2.75) is 67.2 Å². The van der Waals surface area contributed by atoms with E-state index in [0.29, 0.717) is 16.5 Å². The van der Waals surface area contributed by atoms with Crippen LogP contribution in [0.5, 0.6) is 0 Å². The van der Waals surface area contributed by atoms with Crippen LogP contribution in [0.3, 0.4) is 0 Å². The van der Waals surface area contributed by atoms with Crippen molar-refractivity contribution < 1.29 is 4.79 Å². The largest absolute Gasteiger partial charge is 0.306 e. The van der Waals surface area contributed by atoms with Gasteiger partial charge in [0.05, 0.1) is 10.6 Å². The molecule has 3 rings (SSSR count). The minimum atomic E-state index is 0.530. The van der Waals surface area contributed by atoms with E-state index in [9.17, 15) is 4.79 Å². The first kappa shape index (κ1) is 30.9. The smallest absolute Gasteiger partial charge is 0.120 e. The van der Waals surface area contributed by atoms with Gasteiger partial charge in [0.2, 0.25) is 0 Å². The number of likely N-dealkylation sites (tertiary alicyclic amines) is 1. The third-order valence-electron chi connectivity index (χ3n) is 5.71. The summed E-state index contributed by atoms with van der Waals surface area (Å²) < 4.78 is 0. The zero-order valence-electron chi connectivity index (χ0n) is 21.7. The predicted molar refractivity (Wildman–Crippen MR) is 143 cm³/mol. The van der Waals surface area contributed by atoms with Gasteiger partial charge in [-0.1, -0.05) is 76.0 Å². The lowest BCUT2D eigenvalue weighted by atomic mass is 10.1. The highest BCUT2D eigenvalue weighted by molar-refractivity contribution is 6.31. The average molecular weight is 471 g/mol. The number of hydrogen-bond acceptors (Lipinski definition) is 3. The van der Waals surface area contributed by atoms with Crippen LogP contribution in [0.25, 0.3) is 0 Å². The van der Waals surface area contributed by atoms with Gasteiger partial charge in [0.25, 0.3) is 0 Å². The maximum absolute atomic E-state index is 9.77. The maximum atomic E-state index is 9.77. The van der Waals surface area contributed by atoms with Gasteiger partial charge in [0, 0.05) is 13.0 Å². The lowest BCUT2D eigenvalue weighted by Gasteiger charge is -2.03. The molecule has 0 bridgehead atoms.